The first-order valence-corrected chi connectivity index (χ1v) is 10.0. The lowest BCUT2D eigenvalue weighted by molar-refractivity contribution is 0.0735. The maximum Gasteiger partial charge on any atom is 0.272 e. The number of carbonyl (C=O) groups excluding carboxylic acids is 1. The molecule has 0 fully saturated rings. The molecule has 7 heteroatoms. The highest BCUT2D eigenvalue weighted by Gasteiger charge is 2.24. The Kier molecular flexibility index (Phi) is 4.34. The van der Waals surface area contributed by atoms with Crippen molar-refractivity contribution in [2.45, 2.75) is 19.9 Å². The molecule has 0 N–H and O–H groups in total. The average molecular weight is 383 g/mol. The van der Waals surface area contributed by atoms with Gasteiger partial charge in [0.2, 0.25) is 0 Å². The number of amides is 1. The molecule has 1 aromatic carbocycles. The molecule has 26 heavy (non-hydrogen) atoms. The monoisotopic (exact) mass is 382 g/mol. The third kappa shape index (κ3) is 2.93. The minimum absolute atomic E-state index is 0.0337. The van der Waals surface area contributed by atoms with Crippen LogP contribution in [-0.4, -0.2) is 32.2 Å². The van der Waals surface area contributed by atoms with Gasteiger partial charge < -0.3 is 4.90 Å². The zero-order chi connectivity index (χ0) is 18.3. The minimum atomic E-state index is -0.0757. The van der Waals surface area contributed by atoms with Crippen molar-refractivity contribution < 1.29 is 4.79 Å². The molecule has 3 heterocycles. The van der Waals surface area contributed by atoms with Crippen LogP contribution in [0.15, 0.2) is 47.3 Å². The number of hydrogen-bond acceptors (Lipinski definition) is 5. The van der Waals surface area contributed by atoms with E-state index in [4.69, 9.17) is 0 Å². The molecule has 0 aliphatic carbocycles. The van der Waals surface area contributed by atoms with Gasteiger partial charge in [-0.05, 0) is 13.8 Å². The largest absolute Gasteiger partial charge is 0.331 e. The summed E-state index contributed by atoms with van der Waals surface area (Å²) >= 11 is 3.06. The van der Waals surface area contributed by atoms with Gasteiger partial charge in [0.05, 0.1) is 11.7 Å². The summed E-state index contributed by atoms with van der Waals surface area (Å²) < 4.78 is 1.88. The number of aryl methyl sites for hydroxylation is 1. The minimum Gasteiger partial charge on any atom is -0.331 e. The number of benzene rings is 1. The summed E-state index contributed by atoms with van der Waals surface area (Å²) in [5.41, 5.74) is 3.53. The van der Waals surface area contributed by atoms with E-state index >= 15 is 0 Å². The Labute approximate surface area is 159 Å². The Balaban J connectivity index is 1.65. The molecule has 1 amide bonds. The first-order chi connectivity index (χ1) is 12.5. The van der Waals surface area contributed by atoms with Gasteiger partial charge in [-0.25, -0.2) is 9.97 Å². The van der Waals surface area contributed by atoms with Crippen LogP contribution < -0.4 is 0 Å². The van der Waals surface area contributed by atoms with Crippen LogP contribution in [0.4, 0.5) is 0 Å². The van der Waals surface area contributed by atoms with Crippen LogP contribution in [0.5, 0.6) is 0 Å². The van der Waals surface area contributed by atoms with Crippen molar-refractivity contribution in [1.29, 1.82) is 0 Å². The highest BCUT2D eigenvalue weighted by atomic mass is 32.1. The van der Waals surface area contributed by atoms with Crippen molar-refractivity contribution in [3.8, 4) is 11.3 Å². The standard InChI is InChI=1S/C19H18N4OS2/c1-12-10-25-17(20-12)13(2)22(3)18(24)16-11-26-19-21-15(9-23(16)19)14-7-5-4-6-8-14/h4-11,13H,1-3H3/t13-/m0/s1. The van der Waals surface area contributed by atoms with Crippen molar-refractivity contribution in [1.82, 2.24) is 19.3 Å². The van der Waals surface area contributed by atoms with Gasteiger partial charge in [-0.2, -0.15) is 0 Å². The Morgan fingerprint density at radius 2 is 1.92 bits per heavy atom. The van der Waals surface area contributed by atoms with Crippen molar-refractivity contribution in [3.05, 3.63) is 63.7 Å². The number of nitrogens with zero attached hydrogens (tertiary/aromatic N) is 4. The molecule has 1 atom stereocenters. The van der Waals surface area contributed by atoms with Crippen LogP contribution in [0.2, 0.25) is 0 Å². The number of thiazole rings is 2. The van der Waals surface area contributed by atoms with Crippen molar-refractivity contribution in [2.24, 2.45) is 0 Å². The summed E-state index contributed by atoms with van der Waals surface area (Å²) in [7, 11) is 1.82. The van der Waals surface area contributed by atoms with Crippen LogP contribution in [-0.2, 0) is 0 Å². The van der Waals surface area contributed by atoms with Gasteiger partial charge in [-0.15, -0.1) is 22.7 Å². The molecule has 0 aliphatic heterocycles. The molecule has 0 radical (unpaired) electrons. The fourth-order valence-corrected chi connectivity index (χ4v) is 4.51. The summed E-state index contributed by atoms with van der Waals surface area (Å²) in [6.45, 7) is 3.97. The fraction of sp³-hybridized carbons (Fsp3) is 0.211. The third-order valence-corrected chi connectivity index (χ3v) is 6.37. The van der Waals surface area contributed by atoms with Crippen LogP contribution in [0.1, 0.15) is 34.2 Å². The highest BCUT2D eigenvalue weighted by molar-refractivity contribution is 7.15. The molecule has 0 bridgehead atoms. The van der Waals surface area contributed by atoms with Crippen molar-refractivity contribution in [2.75, 3.05) is 7.05 Å². The molecule has 4 aromatic rings. The maximum absolute atomic E-state index is 13.0. The van der Waals surface area contributed by atoms with Crippen LogP contribution in [0, 0.1) is 6.92 Å². The Hall–Kier alpha value is -2.51. The number of hydrogen-bond donors (Lipinski definition) is 0. The summed E-state index contributed by atoms with van der Waals surface area (Å²) in [5, 5.41) is 4.82. The zero-order valence-electron chi connectivity index (χ0n) is 14.7. The second-order valence-corrected chi connectivity index (χ2v) is 7.91. The third-order valence-electron chi connectivity index (χ3n) is 4.39. The van der Waals surface area contributed by atoms with E-state index in [0.717, 1.165) is 26.9 Å². The topological polar surface area (TPSA) is 50.5 Å². The summed E-state index contributed by atoms with van der Waals surface area (Å²) in [5.74, 6) is -0.0337. The molecule has 0 aliphatic rings. The van der Waals surface area contributed by atoms with Crippen LogP contribution in [0.25, 0.3) is 16.2 Å². The number of rotatable bonds is 4. The summed E-state index contributed by atoms with van der Waals surface area (Å²) in [4.78, 5) is 24.8. The number of carbonyl (C=O) groups is 1. The van der Waals surface area contributed by atoms with Crippen molar-refractivity contribution >= 4 is 33.5 Å². The van der Waals surface area contributed by atoms with Crippen LogP contribution in [0.3, 0.4) is 0 Å². The number of imidazole rings is 1. The van der Waals surface area contributed by atoms with E-state index < -0.39 is 0 Å². The van der Waals surface area contributed by atoms with Gasteiger partial charge in [-0.3, -0.25) is 9.20 Å². The Morgan fingerprint density at radius 1 is 1.15 bits per heavy atom. The van der Waals surface area contributed by atoms with E-state index in [9.17, 15) is 4.79 Å². The molecule has 0 spiro atoms. The normalized spacial score (nSPS) is 12.4. The molecule has 3 aromatic heterocycles. The Bertz CT molecular complexity index is 1060. The summed E-state index contributed by atoms with van der Waals surface area (Å²) in [6, 6.07) is 9.92. The molecule has 0 saturated heterocycles. The van der Waals surface area contributed by atoms with Gasteiger partial charge in [0, 0.05) is 35.3 Å². The maximum atomic E-state index is 13.0. The highest BCUT2D eigenvalue weighted by Crippen LogP contribution is 2.27. The van der Waals surface area contributed by atoms with Crippen molar-refractivity contribution in [3.63, 3.8) is 0 Å². The molecule has 0 unspecified atom stereocenters. The number of aromatic nitrogens is 3. The quantitative estimate of drug-likeness (QED) is 0.516. The van der Waals surface area contributed by atoms with E-state index in [2.05, 4.69) is 9.97 Å². The SMILES string of the molecule is Cc1csc([C@H](C)N(C)C(=O)c2csc3nc(-c4ccccc4)cn23)n1. The van der Waals surface area contributed by atoms with Gasteiger partial charge in [-0.1, -0.05) is 30.3 Å². The molecule has 4 rings (SSSR count). The lowest BCUT2D eigenvalue weighted by atomic mass is 10.2. The van der Waals surface area contributed by atoms with Gasteiger partial charge in [0.1, 0.15) is 10.7 Å². The molecule has 0 saturated carbocycles. The van der Waals surface area contributed by atoms with E-state index in [-0.39, 0.29) is 11.9 Å². The first-order valence-electron chi connectivity index (χ1n) is 8.26. The predicted molar refractivity (Wildman–Crippen MR) is 106 cm³/mol. The Morgan fingerprint density at radius 3 is 2.62 bits per heavy atom. The smallest absolute Gasteiger partial charge is 0.272 e. The number of fused-ring (bicyclic) bond motifs is 1. The van der Waals surface area contributed by atoms with Gasteiger partial charge >= 0.3 is 0 Å². The molecule has 132 valence electrons. The molecular formula is C19H18N4OS2. The van der Waals surface area contributed by atoms with E-state index in [1.807, 2.05) is 72.6 Å². The lowest BCUT2D eigenvalue weighted by Gasteiger charge is -2.22. The average Bonchev–Trinajstić information content (AvgIpc) is 3.36. The first kappa shape index (κ1) is 16.9. The molecule has 5 nitrogen and oxygen atoms in total. The molecular weight excluding hydrogens is 364 g/mol. The lowest BCUT2D eigenvalue weighted by Crippen LogP contribution is -2.30. The predicted octanol–water partition coefficient (Wildman–Crippen LogP) is 4.66. The summed E-state index contributed by atoms with van der Waals surface area (Å²) in [6.07, 6.45) is 1.93. The van der Waals surface area contributed by atoms with E-state index in [1.165, 1.54) is 11.3 Å². The van der Waals surface area contributed by atoms with E-state index in [1.54, 1.807) is 16.2 Å². The van der Waals surface area contributed by atoms with E-state index in [0.29, 0.717) is 5.69 Å². The zero-order valence-corrected chi connectivity index (χ0v) is 16.3. The fourth-order valence-electron chi connectivity index (χ4n) is 2.77. The van der Waals surface area contributed by atoms with Gasteiger partial charge in [0.15, 0.2) is 4.96 Å². The second kappa shape index (κ2) is 6.66. The van der Waals surface area contributed by atoms with Gasteiger partial charge in [0.25, 0.3) is 5.91 Å². The van der Waals surface area contributed by atoms with Crippen LogP contribution >= 0.6 is 22.7 Å². The second-order valence-electron chi connectivity index (χ2n) is 6.18.